The summed E-state index contributed by atoms with van der Waals surface area (Å²) in [6.07, 6.45) is 3.29. The van der Waals surface area contributed by atoms with Crippen LogP contribution in [0.25, 0.3) is 0 Å². The van der Waals surface area contributed by atoms with Gasteiger partial charge in [0.2, 0.25) is 0 Å². The van der Waals surface area contributed by atoms with Crippen LogP contribution in [0.4, 0.5) is 0 Å². The van der Waals surface area contributed by atoms with Crippen LogP contribution in [0.3, 0.4) is 0 Å². The molecular formula is C10H17ClO3. The van der Waals surface area contributed by atoms with Crippen molar-refractivity contribution in [2.45, 2.75) is 50.0 Å². The van der Waals surface area contributed by atoms with Crippen molar-refractivity contribution in [2.75, 3.05) is 0 Å². The molecule has 1 fully saturated rings. The molecule has 0 aromatic carbocycles. The number of carbonyl (C=O) groups is 1. The van der Waals surface area contributed by atoms with E-state index in [1.807, 2.05) is 6.92 Å². The normalized spacial score (nSPS) is 34.4. The average Bonchev–Trinajstić information content (AvgIpc) is 2.43. The molecule has 14 heavy (non-hydrogen) atoms. The van der Waals surface area contributed by atoms with E-state index >= 15 is 0 Å². The fourth-order valence-corrected chi connectivity index (χ4v) is 2.65. The molecule has 0 amide bonds. The molecule has 0 radical (unpaired) electrons. The van der Waals surface area contributed by atoms with E-state index in [-0.39, 0.29) is 0 Å². The molecule has 3 atom stereocenters. The number of carboxylic acid groups (broad SMARTS) is 1. The van der Waals surface area contributed by atoms with E-state index in [1.54, 1.807) is 0 Å². The Labute approximate surface area is 89.1 Å². The summed E-state index contributed by atoms with van der Waals surface area (Å²) in [5.41, 5.74) is -1.19. The summed E-state index contributed by atoms with van der Waals surface area (Å²) in [7, 11) is 0. The average molecular weight is 221 g/mol. The van der Waals surface area contributed by atoms with Crippen molar-refractivity contribution in [2.24, 2.45) is 5.92 Å². The van der Waals surface area contributed by atoms with Gasteiger partial charge in [-0.25, -0.2) is 0 Å². The quantitative estimate of drug-likeness (QED) is 0.713. The molecule has 0 saturated heterocycles. The molecule has 1 aliphatic carbocycles. The van der Waals surface area contributed by atoms with Gasteiger partial charge >= 0.3 is 5.97 Å². The van der Waals surface area contributed by atoms with E-state index in [0.717, 1.165) is 12.8 Å². The van der Waals surface area contributed by atoms with Gasteiger partial charge in [-0.15, -0.1) is 11.6 Å². The molecular weight excluding hydrogens is 204 g/mol. The molecule has 0 bridgehead atoms. The zero-order chi connectivity index (χ0) is 10.8. The van der Waals surface area contributed by atoms with Crippen LogP contribution < -0.4 is 0 Å². The third kappa shape index (κ3) is 2.04. The van der Waals surface area contributed by atoms with Gasteiger partial charge in [0.15, 0.2) is 0 Å². The standard InChI is InChI=1S/C10H17ClO3/c1-2-4-7(9(12)13)10(14)6-3-5-8(10)11/h7-8,14H,2-6H2,1H3,(H,12,13). The molecule has 3 unspecified atom stereocenters. The smallest absolute Gasteiger partial charge is 0.309 e. The largest absolute Gasteiger partial charge is 0.481 e. The van der Waals surface area contributed by atoms with Crippen LogP contribution in [-0.4, -0.2) is 27.2 Å². The molecule has 4 heteroatoms. The van der Waals surface area contributed by atoms with Crippen LogP contribution in [-0.2, 0) is 4.79 Å². The van der Waals surface area contributed by atoms with Crippen molar-refractivity contribution in [3.05, 3.63) is 0 Å². The van der Waals surface area contributed by atoms with Crippen molar-refractivity contribution in [3.63, 3.8) is 0 Å². The van der Waals surface area contributed by atoms with Gasteiger partial charge in [0.1, 0.15) is 0 Å². The molecule has 0 heterocycles. The highest BCUT2D eigenvalue weighted by atomic mass is 35.5. The maximum atomic E-state index is 11.0. The summed E-state index contributed by atoms with van der Waals surface area (Å²) in [5.74, 6) is -1.64. The number of hydrogen-bond donors (Lipinski definition) is 2. The van der Waals surface area contributed by atoms with Crippen molar-refractivity contribution < 1.29 is 15.0 Å². The van der Waals surface area contributed by atoms with Crippen LogP contribution >= 0.6 is 11.6 Å². The Morgan fingerprint density at radius 1 is 1.71 bits per heavy atom. The molecule has 0 aromatic rings. The Bertz CT molecular complexity index is 219. The first-order chi connectivity index (χ1) is 6.52. The molecule has 1 rings (SSSR count). The highest BCUT2D eigenvalue weighted by Gasteiger charge is 2.49. The lowest BCUT2D eigenvalue weighted by Gasteiger charge is -2.32. The maximum absolute atomic E-state index is 11.0. The van der Waals surface area contributed by atoms with Gasteiger partial charge in [0, 0.05) is 0 Å². The Balaban J connectivity index is 2.80. The molecule has 1 saturated carbocycles. The number of carboxylic acids is 1. The molecule has 2 N–H and O–H groups in total. The van der Waals surface area contributed by atoms with E-state index < -0.39 is 22.9 Å². The second kappa shape index (κ2) is 4.49. The number of rotatable bonds is 4. The third-order valence-corrected chi connectivity index (χ3v) is 3.65. The minimum absolute atomic E-state index is 0.407. The van der Waals surface area contributed by atoms with Crippen molar-refractivity contribution in [3.8, 4) is 0 Å². The zero-order valence-electron chi connectivity index (χ0n) is 8.37. The predicted molar refractivity (Wildman–Crippen MR) is 54.5 cm³/mol. The van der Waals surface area contributed by atoms with E-state index in [2.05, 4.69) is 0 Å². The van der Waals surface area contributed by atoms with Gasteiger partial charge in [0.05, 0.1) is 16.9 Å². The van der Waals surface area contributed by atoms with Crippen LogP contribution in [0, 0.1) is 5.92 Å². The molecule has 1 aliphatic rings. The first-order valence-electron chi connectivity index (χ1n) is 5.11. The highest BCUT2D eigenvalue weighted by Crippen LogP contribution is 2.41. The fraction of sp³-hybridized carbons (Fsp3) is 0.900. The maximum Gasteiger partial charge on any atom is 0.309 e. The lowest BCUT2D eigenvalue weighted by molar-refractivity contribution is -0.152. The zero-order valence-corrected chi connectivity index (χ0v) is 9.13. The second-order valence-corrected chi connectivity index (χ2v) is 4.56. The van der Waals surface area contributed by atoms with Gasteiger partial charge in [-0.1, -0.05) is 13.3 Å². The number of hydrogen-bond acceptors (Lipinski definition) is 2. The first kappa shape index (κ1) is 11.8. The summed E-state index contributed by atoms with van der Waals surface area (Å²) < 4.78 is 0. The number of aliphatic carboxylic acids is 1. The summed E-state index contributed by atoms with van der Waals surface area (Å²) in [6.45, 7) is 1.91. The van der Waals surface area contributed by atoms with E-state index in [1.165, 1.54) is 0 Å². The summed E-state index contributed by atoms with van der Waals surface area (Å²) in [6, 6.07) is 0. The predicted octanol–water partition coefficient (Wildman–Crippen LogP) is 2.01. The molecule has 0 aliphatic heterocycles. The van der Waals surface area contributed by atoms with Crippen LogP contribution in [0.2, 0.25) is 0 Å². The van der Waals surface area contributed by atoms with Gasteiger partial charge in [0.25, 0.3) is 0 Å². The molecule has 3 nitrogen and oxygen atoms in total. The van der Waals surface area contributed by atoms with Gasteiger partial charge in [-0.05, 0) is 25.7 Å². The molecule has 0 aromatic heterocycles. The van der Waals surface area contributed by atoms with Crippen molar-refractivity contribution >= 4 is 17.6 Å². The third-order valence-electron chi connectivity index (χ3n) is 3.06. The van der Waals surface area contributed by atoms with E-state index in [0.29, 0.717) is 19.3 Å². The number of alkyl halides is 1. The van der Waals surface area contributed by atoms with Crippen molar-refractivity contribution in [1.29, 1.82) is 0 Å². The SMILES string of the molecule is CCCC(C(=O)O)C1(O)CCCC1Cl. The topological polar surface area (TPSA) is 57.5 Å². The Hall–Kier alpha value is -0.280. The number of aliphatic hydroxyl groups is 1. The minimum atomic E-state index is -1.19. The van der Waals surface area contributed by atoms with Gasteiger partial charge in [-0.2, -0.15) is 0 Å². The molecule has 82 valence electrons. The molecule has 0 spiro atoms. The lowest BCUT2D eigenvalue weighted by Crippen LogP contribution is -2.46. The Morgan fingerprint density at radius 2 is 2.36 bits per heavy atom. The summed E-state index contributed by atoms with van der Waals surface area (Å²) in [4.78, 5) is 11.0. The van der Waals surface area contributed by atoms with Crippen LogP contribution in [0.15, 0.2) is 0 Å². The van der Waals surface area contributed by atoms with Crippen LogP contribution in [0.1, 0.15) is 39.0 Å². The van der Waals surface area contributed by atoms with E-state index in [9.17, 15) is 9.90 Å². The number of halogens is 1. The van der Waals surface area contributed by atoms with E-state index in [4.69, 9.17) is 16.7 Å². The van der Waals surface area contributed by atoms with Gasteiger partial charge < -0.3 is 10.2 Å². The Kier molecular flexibility index (Phi) is 3.78. The summed E-state index contributed by atoms with van der Waals surface area (Å²) >= 11 is 5.98. The van der Waals surface area contributed by atoms with Crippen molar-refractivity contribution in [1.82, 2.24) is 0 Å². The minimum Gasteiger partial charge on any atom is -0.481 e. The second-order valence-electron chi connectivity index (χ2n) is 4.03. The first-order valence-corrected chi connectivity index (χ1v) is 5.55. The monoisotopic (exact) mass is 220 g/mol. The lowest BCUT2D eigenvalue weighted by atomic mass is 9.82. The Morgan fingerprint density at radius 3 is 2.71 bits per heavy atom. The van der Waals surface area contributed by atoms with Gasteiger partial charge in [-0.3, -0.25) is 4.79 Å². The fourth-order valence-electron chi connectivity index (χ4n) is 2.24. The summed E-state index contributed by atoms with van der Waals surface area (Å²) in [5, 5.41) is 18.8. The van der Waals surface area contributed by atoms with Crippen LogP contribution in [0.5, 0.6) is 0 Å². The highest BCUT2D eigenvalue weighted by molar-refractivity contribution is 6.21.